The first-order chi connectivity index (χ1) is 14.4. The molecule has 2 N–H and O–H groups in total. The van der Waals surface area contributed by atoms with Crippen LogP contribution in [0.4, 0.5) is 5.82 Å². The summed E-state index contributed by atoms with van der Waals surface area (Å²) < 4.78 is 1.00. The Morgan fingerprint density at radius 1 is 1.00 bits per heavy atom. The maximum Gasteiger partial charge on any atom is 0.165 e. The minimum atomic E-state index is 0.432. The molecule has 0 aliphatic rings. The molecule has 0 amide bonds. The quantitative estimate of drug-likeness (QED) is 0.442. The second kappa shape index (κ2) is 8.50. The number of nitrogen functional groups attached to an aromatic ring is 1. The molecule has 0 aliphatic heterocycles. The summed E-state index contributed by atoms with van der Waals surface area (Å²) in [6.07, 6.45) is 2.47. The monoisotopic (exact) mass is 461 g/mol. The summed E-state index contributed by atoms with van der Waals surface area (Å²) in [5.74, 6) is 0.432. The van der Waals surface area contributed by atoms with E-state index in [0.29, 0.717) is 17.5 Å². The SMILES string of the molecule is CC(Cc1ccc(-c2cc(-c3cccc(Br)c3)c3c(N)ncnc3n2)cc1)N(C)C. The first kappa shape index (κ1) is 20.4. The largest absolute Gasteiger partial charge is 0.383 e. The summed E-state index contributed by atoms with van der Waals surface area (Å²) >= 11 is 3.56. The summed E-state index contributed by atoms with van der Waals surface area (Å²) in [6.45, 7) is 2.23. The Balaban J connectivity index is 1.81. The minimum Gasteiger partial charge on any atom is -0.383 e. The van der Waals surface area contributed by atoms with E-state index in [0.717, 1.165) is 38.7 Å². The number of nitrogens with two attached hydrogens (primary N) is 1. The molecular formula is C24H24BrN5. The first-order valence-corrected chi connectivity index (χ1v) is 10.6. The van der Waals surface area contributed by atoms with E-state index in [1.54, 1.807) is 0 Å². The van der Waals surface area contributed by atoms with Crippen molar-refractivity contribution in [3.63, 3.8) is 0 Å². The molecule has 2 aromatic heterocycles. The Labute approximate surface area is 185 Å². The Bertz CT molecular complexity index is 1190. The van der Waals surface area contributed by atoms with Crippen LogP contribution >= 0.6 is 15.9 Å². The number of fused-ring (bicyclic) bond motifs is 1. The van der Waals surface area contributed by atoms with Gasteiger partial charge < -0.3 is 10.6 Å². The topological polar surface area (TPSA) is 67.9 Å². The van der Waals surface area contributed by atoms with E-state index in [1.165, 1.54) is 11.9 Å². The zero-order valence-corrected chi connectivity index (χ0v) is 18.9. The van der Waals surface area contributed by atoms with Crippen molar-refractivity contribution in [2.24, 2.45) is 0 Å². The lowest BCUT2D eigenvalue weighted by atomic mass is 9.98. The van der Waals surface area contributed by atoms with Gasteiger partial charge in [0.1, 0.15) is 12.1 Å². The van der Waals surface area contributed by atoms with Gasteiger partial charge in [-0.25, -0.2) is 15.0 Å². The fourth-order valence-electron chi connectivity index (χ4n) is 3.45. The molecule has 1 atom stereocenters. The molecule has 4 aromatic rings. The molecule has 2 aromatic carbocycles. The van der Waals surface area contributed by atoms with Crippen LogP contribution in [0.2, 0.25) is 0 Å². The lowest BCUT2D eigenvalue weighted by molar-refractivity contribution is 0.312. The Morgan fingerprint density at radius 3 is 2.47 bits per heavy atom. The summed E-state index contributed by atoms with van der Waals surface area (Å²) in [7, 11) is 4.21. The van der Waals surface area contributed by atoms with E-state index in [2.05, 4.69) is 94.3 Å². The number of pyridine rings is 1. The van der Waals surface area contributed by atoms with Gasteiger partial charge in [-0.1, -0.05) is 52.3 Å². The van der Waals surface area contributed by atoms with Crippen LogP contribution in [0.1, 0.15) is 12.5 Å². The molecule has 0 bridgehead atoms. The molecule has 152 valence electrons. The zero-order valence-electron chi connectivity index (χ0n) is 17.3. The van der Waals surface area contributed by atoms with Gasteiger partial charge in [-0.2, -0.15) is 0 Å². The smallest absolute Gasteiger partial charge is 0.165 e. The van der Waals surface area contributed by atoms with Gasteiger partial charge in [0.2, 0.25) is 0 Å². The van der Waals surface area contributed by atoms with E-state index in [1.807, 2.05) is 12.1 Å². The van der Waals surface area contributed by atoms with E-state index in [4.69, 9.17) is 10.7 Å². The van der Waals surface area contributed by atoms with Crippen molar-refractivity contribution in [3.8, 4) is 22.4 Å². The van der Waals surface area contributed by atoms with Gasteiger partial charge in [0.25, 0.3) is 0 Å². The van der Waals surface area contributed by atoms with Gasteiger partial charge in [0.15, 0.2) is 5.65 Å². The maximum atomic E-state index is 6.20. The molecule has 2 heterocycles. The molecule has 0 aliphatic carbocycles. The van der Waals surface area contributed by atoms with Crippen LogP contribution in [0, 0.1) is 0 Å². The third-order valence-corrected chi connectivity index (χ3v) is 5.92. The van der Waals surface area contributed by atoms with Crippen molar-refractivity contribution in [1.82, 2.24) is 19.9 Å². The Hall–Kier alpha value is -2.83. The van der Waals surface area contributed by atoms with Crippen molar-refractivity contribution in [2.45, 2.75) is 19.4 Å². The lowest BCUT2D eigenvalue weighted by Crippen LogP contribution is -2.26. The summed E-state index contributed by atoms with van der Waals surface area (Å²) in [5.41, 5.74) is 12.0. The van der Waals surface area contributed by atoms with E-state index in [9.17, 15) is 0 Å². The summed E-state index contributed by atoms with van der Waals surface area (Å²) in [6, 6.07) is 19.3. The van der Waals surface area contributed by atoms with E-state index in [-0.39, 0.29) is 0 Å². The van der Waals surface area contributed by atoms with Crippen molar-refractivity contribution in [3.05, 3.63) is 71.0 Å². The molecule has 1 unspecified atom stereocenters. The number of aromatic nitrogens is 3. The number of hydrogen-bond acceptors (Lipinski definition) is 5. The molecule has 0 saturated carbocycles. The third kappa shape index (κ3) is 4.20. The van der Waals surface area contributed by atoms with Crippen LogP contribution in [-0.4, -0.2) is 40.0 Å². The fourth-order valence-corrected chi connectivity index (χ4v) is 3.85. The predicted octanol–water partition coefficient (Wildman–Crippen LogP) is 5.20. The molecule has 6 heteroatoms. The highest BCUT2D eigenvalue weighted by Gasteiger charge is 2.14. The van der Waals surface area contributed by atoms with Crippen molar-refractivity contribution in [1.29, 1.82) is 0 Å². The summed E-state index contributed by atoms with van der Waals surface area (Å²) in [5, 5.41) is 0.774. The van der Waals surface area contributed by atoms with Gasteiger partial charge in [0.05, 0.1) is 11.1 Å². The predicted molar refractivity (Wildman–Crippen MR) is 127 cm³/mol. The molecule has 0 saturated heterocycles. The second-order valence-electron chi connectivity index (χ2n) is 7.74. The van der Waals surface area contributed by atoms with Crippen LogP contribution in [0.3, 0.4) is 0 Å². The summed E-state index contributed by atoms with van der Waals surface area (Å²) in [4.78, 5) is 15.6. The van der Waals surface area contributed by atoms with Gasteiger partial charge in [-0.05, 0) is 62.3 Å². The van der Waals surface area contributed by atoms with Gasteiger partial charge in [0, 0.05) is 16.1 Å². The average Bonchev–Trinajstić information content (AvgIpc) is 2.73. The zero-order chi connectivity index (χ0) is 21.3. The Morgan fingerprint density at radius 2 is 1.77 bits per heavy atom. The highest BCUT2D eigenvalue weighted by atomic mass is 79.9. The fraction of sp³-hybridized carbons (Fsp3) is 0.208. The van der Waals surface area contributed by atoms with Crippen LogP contribution in [-0.2, 0) is 6.42 Å². The van der Waals surface area contributed by atoms with Gasteiger partial charge in [-0.15, -0.1) is 0 Å². The third-order valence-electron chi connectivity index (χ3n) is 5.43. The second-order valence-corrected chi connectivity index (χ2v) is 8.65. The van der Waals surface area contributed by atoms with Crippen molar-refractivity contribution >= 4 is 32.8 Å². The van der Waals surface area contributed by atoms with E-state index < -0.39 is 0 Å². The molecular weight excluding hydrogens is 438 g/mol. The first-order valence-electron chi connectivity index (χ1n) is 9.85. The van der Waals surface area contributed by atoms with Crippen LogP contribution < -0.4 is 5.73 Å². The van der Waals surface area contributed by atoms with Crippen LogP contribution in [0.15, 0.2) is 65.4 Å². The molecule has 0 radical (unpaired) electrons. The van der Waals surface area contributed by atoms with Crippen LogP contribution in [0.25, 0.3) is 33.4 Å². The number of likely N-dealkylation sites (N-methyl/N-ethyl adjacent to an activating group) is 1. The standard InChI is InChI=1S/C24H24BrN5/c1-15(30(2)3)11-16-7-9-17(10-8-16)21-13-20(18-5-4-6-19(25)12-18)22-23(26)27-14-28-24(22)29-21/h4-10,12-15H,11H2,1-3H3,(H2,26,27,28,29). The van der Waals surface area contributed by atoms with Crippen molar-refractivity contribution in [2.75, 3.05) is 19.8 Å². The highest BCUT2D eigenvalue weighted by molar-refractivity contribution is 9.10. The lowest BCUT2D eigenvalue weighted by Gasteiger charge is -2.19. The molecule has 0 spiro atoms. The van der Waals surface area contributed by atoms with E-state index >= 15 is 0 Å². The highest BCUT2D eigenvalue weighted by Crippen LogP contribution is 2.34. The number of nitrogens with zero attached hydrogens (tertiary/aromatic N) is 4. The molecule has 30 heavy (non-hydrogen) atoms. The normalized spacial score (nSPS) is 12.4. The van der Waals surface area contributed by atoms with Crippen LogP contribution in [0.5, 0.6) is 0 Å². The number of benzene rings is 2. The van der Waals surface area contributed by atoms with Crippen molar-refractivity contribution < 1.29 is 0 Å². The maximum absolute atomic E-state index is 6.20. The van der Waals surface area contributed by atoms with Gasteiger partial charge >= 0.3 is 0 Å². The number of halogens is 1. The van der Waals surface area contributed by atoms with Gasteiger partial charge in [-0.3, -0.25) is 0 Å². The number of rotatable bonds is 5. The molecule has 5 nitrogen and oxygen atoms in total. The number of hydrogen-bond donors (Lipinski definition) is 1. The average molecular weight is 462 g/mol. The minimum absolute atomic E-state index is 0.432. The Kier molecular flexibility index (Phi) is 5.79. The molecule has 0 fully saturated rings. The number of anilines is 1. The molecule has 4 rings (SSSR count).